The number of hydrogen-bond acceptors (Lipinski definition) is 1. The Balaban J connectivity index is 2.52. The van der Waals surface area contributed by atoms with Gasteiger partial charge in [-0.3, -0.25) is 4.98 Å². The molecule has 69 valence electrons. The highest BCUT2D eigenvalue weighted by Crippen LogP contribution is 2.20. The van der Waals surface area contributed by atoms with Gasteiger partial charge in [-0.25, -0.2) is 0 Å². The van der Waals surface area contributed by atoms with Crippen molar-refractivity contribution in [3.63, 3.8) is 0 Å². The van der Waals surface area contributed by atoms with Gasteiger partial charge in [-0.2, -0.15) is 0 Å². The van der Waals surface area contributed by atoms with Crippen LogP contribution in [0.2, 0.25) is 0 Å². The van der Waals surface area contributed by atoms with Crippen LogP contribution in [0.3, 0.4) is 0 Å². The van der Waals surface area contributed by atoms with Gasteiger partial charge in [0.15, 0.2) is 0 Å². The van der Waals surface area contributed by atoms with Gasteiger partial charge >= 0.3 is 0 Å². The lowest BCUT2D eigenvalue weighted by Gasteiger charge is -2.03. The predicted molar refractivity (Wildman–Crippen MR) is 58.0 cm³/mol. The maximum Gasteiger partial charge on any atom is 0.0347 e. The quantitative estimate of drug-likeness (QED) is 0.660. The van der Waals surface area contributed by atoms with Crippen LogP contribution >= 0.6 is 0 Å². The van der Waals surface area contributed by atoms with Gasteiger partial charge in [0.25, 0.3) is 0 Å². The van der Waals surface area contributed by atoms with Crippen molar-refractivity contribution >= 4 is 0 Å². The SMILES string of the molecule is Cc1cc(C)cc(-c2c[c]cnc2)c1. The average molecular weight is 182 g/mol. The summed E-state index contributed by atoms with van der Waals surface area (Å²) in [6.07, 6.45) is 3.54. The van der Waals surface area contributed by atoms with Crippen molar-refractivity contribution < 1.29 is 0 Å². The molecule has 1 heterocycles. The second kappa shape index (κ2) is 3.62. The van der Waals surface area contributed by atoms with Crippen LogP contribution in [0.1, 0.15) is 11.1 Å². The molecule has 2 aromatic rings. The van der Waals surface area contributed by atoms with Crippen LogP contribution in [0.5, 0.6) is 0 Å². The summed E-state index contributed by atoms with van der Waals surface area (Å²) in [5.41, 5.74) is 4.90. The molecule has 0 aliphatic carbocycles. The van der Waals surface area contributed by atoms with Gasteiger partial charge in [0.1, 0.15) is 0 Å². The van der Waals surface area contributed by atoms with E-state index in [-0.39, 0.29) is 0 Å². The fourth-order valence-electron chi connectivity index (χ4n) is 1.62. The molecule has 0 bridgehead atoms. The summed E-state index contributed by atoms with van der Waals surface area (Å²) in [6.45, 7) is 4.22. The van der Waals surface area contributed by atoms with Crippen molar-refractivity contribution in [1.29, 1.82) is 0 Å². The van der Waals surface area contributed by atoms with E-state index in [1.165, 1.54) is 16.7 Å². The van der Waals surface area contributed by atoms with Gasteiger partial charge in [0.05, 0.1) is 0 Å². The van der Waals surface area contributed by atoms with Crippen LogP contribution in [0, 0.1) is 19.9 Å². The topological polar surface area (TPSA) is 12.9 Å². The van der Waals surface area contributed by atoms with Gasteiger partial charge in [0.2, 0.25) is 0 Å². The van der Waals surface area contributed by atoms with Gasteiger partial charge in [-0.05, 0) is 25.5 Å². The summed E-state index contributed by atoms with van der Waals surface area (Å²) < 4.78 is 0. The molecule has 0 atom stereocenters. The van der Waals surface area contributed by atoms with E-state index in [4.69, 9.17) is 0 Å². The van der Waals surface area contributed by atoms with E-state index in [2.05, 4.69) is 43.1 Å². The highest BCUT2D eigenvalue weighted by molar-refractivity contribution is 5.63. The minimum Gasteiger partial charge on any atom is -0.263 e. The van der Waals surface area contributed by atoms with E-state index in [0.29, 0.717) is 0 Å². The largest absolute Gasteiger partial charge is 0.263 e. The van der Waals surface area contributed by atoms with Crippen molar-refractivity contribution in [2.45, 2.75) is 13.8 Å². The summed E-state index contributed by atoms with van der Waals surface area (Å²) in [5, 5.41) is 0. The molecule has 0 N–H and O–H groups in total. The first-order valence-corrected chi connectivity index (χ1v) is 4.65. The lowest BCUT2D eigenvalue weighted by Crippen LogP contribution is -1.83. The van der Waals surface area contributed by atoms with E-state index in [1.807, 2.05) is 12.3 Å². The average Bonchev–Trinajstić information content (AvgIpc) is 2.18. The Morgan fingerprint density at radius 1 is 1.00 bits per heavy atom. The molecule has 1 radical (unpaired) electrons. The van der Waals surface area contributed by atoms with Crippen molar-refractivity contribution in [2.75, 3.05) is 0 Å². The molecule has 1 aromatic heterocycles. The number of pyridine rings is 1. The van der Waals surface area contributed by atoms with Crippen LogP contribution in [0.15, 0.2) is 36.7 Å². The molecule has 0 aliphatic rings. The monoisotopic (exact) mass is 182 g/mol. The third kappa shape index (κ3) is 1.82. The zero-order valence-corrected chi connectivity index (χ0v) is 8.41. The van der Waals surface area contributed by atoms with Gasteiger partial charge in [-0.15, -0.1) is 0 Å². The van der Waals surface area contributed by atoms with Gasteiger partial charge in [0, 0.05) is 24.0 Å². The summed E-state index contributed by atoms with van der Waals surface area (Å²) in [5.74, 6) is 0. The molecule has 1 heteroatoms. The fraction of sp³-hybridized carbons (Fsp3) is 0.154. The summed E-state index contributed by atoms with van der Waals surface area (Å²) in [6, 6.07) is 11.4. The molecule has 0 fully saturated rings. The number of benzene rings is 1. The van der Waals surface area contributed by atoms with Crippen molar-refractivity contribution in [2.24, 2.45) is 0 Å². The van der Waals surface area contributed by atoms with E-state index in [1.54, 1.807) is 6.20 Å². The first kappa shape index (κ1) is 8.95. The molecule has 0 spiro atoms. The summed E-state index contributed by atoms with van der Waals surface area (Å²) in [7, 11) is 0. The van der Waals surface area contributed by atoms with Crippen molar-refractivity contribution in [3.05, 3.63) is 53.9 Å². The van der Waals surface area contributed by atoms with E-state index in [9.17, 15) is 0 Å². The Morgan fingerprint density at radius 3 is 2.29 bits per heavy atom. The number of hydrogen-bond donors (Lipinski definition) is 0. The predicted octanol–water partition coefficient (Wildman–Crippen LogP) is 3.17. The number of aromatic nitrogens is 1. The van der Waals surface area contributed by atoms with Crippen molar-refractivity contribution in [3.8, 4) is 11.1 Å². The maximum atomic E-state index is 4.06. The highest BCUT2D eigenvalue weighted by Gasteiger charge is 1.98. The Morgan fingerprint density at radius 2 is 1.71 bits per heavy atom. The first-order chi connectivity index (χ1) is 6.75. The molecule has 14 heavy (non-hydrogen) atoms. The van der Waals surface area contributed by atoms with E-state index >= 15 is 0 Å². The van der Waals surface area contributed by atoms with Crippen LogP contribution in [-0.4, -0.2) is 4.98 Å². The van der Waals surface area contributed by atoms with E-state index < -0.39 is 0 Å². The molecular weight excluding hydrogens is 170 g/mol. The van der Waals surface area contributed by atoms with Gasteiger partial charge in [-0.1, -0.05) is 29.3 Å². The minimum atomic E-state index is 1.12. The lowest BCUT2D eigenvalue weighted by molar-refractivity contribution is 1.31. The third-order valence-electron chi connectivity index (χ3n) is 2.16. The molecule has 0 amide bonds. The molecule has 1 nitrogen and oxygen atoms in total. The zero-order chi connectivity index (χ0) is 9.97. The molecule has 0 saturated heterocycles. The number of nitrogens with zero attached hydrogens (tertiary/aromatic N) is 1. The molecule has 1 aromatic carbocycles. The standard InChI is InChI=1S/C13H12N/c1-10-6-11(2)8-13(7-10)12-4-3-5-14-9-12/h4-9H,1-2H3. The highest BCUT2D eigenvalue weighted by atomic mass is 14.6. The number of aryl methyl sites for hydroxylation is 2. The normalized spacial score (nSPS) is 10.1. The molecule has 0 aliphatic heterocycles. The number of rotatable bonds is 1. The molecular formula is C13H12N. The molecule has 2 rings (SSSR count). The van der Waals surface area contributed by atoms with E-state index in [0.717, 1.165) is 5.56 Å². The second-order valence-electron chi connectivity index (χ2n) is 3.55. The fourth-order valence-corrected chi connectivity index (χ4v) is 1.62. The smallest absolute Gasteiger partial charge is 0.0347 e. The Hall–Kier alpha value is -1.63. The molecule has 0 saturated carbocycles. The van der Waals surface area contributed by atoms with Crippen LogP contribution in [0.4, 0.5) is 0 Å². The minimum absolute atomic E-state index is 1.12. The second-order valence-corrected chi connectivity index (χ2v) is 3.55. The Bertz CT molecular complexity index is 412. The van der Waals surface area contributed by atoms with Gasteiger partial charge < -0.3 is 0 Å². The summed E-state index contributed by atoms with van der Waals surface area (Å²) in [4.78, 5) is 4.06. The van der Waals surface area contributed by atoms with Crippen LogP contribution in [0.25, 0.3) is 11.1 Å². The van der Waals surface area contributed by atoms with Crippen LogP contribution in [-0.2, 0) is 0 Å². The third-order valence-corrected chi connectivity index (χ3v) is 2.16. The summed E-state index contributed by atoms with van der Waals surface area (Å²) >= 11 is 0. The zero-order valence-electron chi connectivity index (χ0n) is 8.41. The first-order valence-electron chi connectivity index (χ1n) is 4.65. The lowest BCUT2D eigenvalue weighted by atomic mass is 10.0. The Labute approximate surface area is 84.4 Å². The van der Waals surface area contributed by atoms with Crippen LogP contribution < -0.4 is 0 Å². The maximum absolute atomic E-state index is 4.06. The molecule has 0 unspecified atom stereocenters. The van der Waals surface area contributed by atoms with Crippen molar-refractivity contribution in [1.82, 2.24) is 4.98 Å². The Kier molecular flexibility index (Phi) is 2.32.